The van der Waals surface area contributed by atoms with Crippen molar-refractivity contribution in [3.63, 3.8) is 0 Å². The Bertz CT molecular complexity index is 1630. The van der Waals surface area contributed by atoms with E-state index in [1.807, 2.05) is 39.4 Å². The lowest BCUT2D eigenvalue weighted by Crippen LogP contribution is -2.47. The molecule has 3 unspecified atom stereocenters. The molecular formula is C69H126N2O7P+. The molecule has 0 aliphatic rings. The highest BCUT2D eigenvalue weighted by Gasteiger charge is 2.30. The van der Waals surface area contributed by atoms with Gasteiger partial charge in [0.1, 0.15) is 19.3 Å². The van der Waals surface area contributed by atoms with Gasteiger partial charge >= 0.3 is 13.8 Å². The van der Waals surface area contributed by atoms with Crippen molar-refractivity contribution in [1.29, 1.82) is 0 Å². The van der Waals surface area contributed by atoms with Crippen molar-refractivity contribution < 1.29 is 37.3 Å². The number of phosphoric ester groups is 1. The molecule has 0 aromatic carbocycles. The van der Waals surface area contributed by atoms with Gasteiger partial charge in [-0.3, -0.25) is 18.6 Å². The summed E-state index contributed by atoms with van der Waals surface area (Å²) in [5, 5.41) is 3.04. The van der Waals surface area contributed by atoms with E-state index in [0.29, 0.717) is 23.9 Å². The third-order valence-electron chi connectivity index (χ3n) is 14.3. The zero-order chi connectivity index (χ0) is 57.9. The molecule has 0 aliphatic heterocycles. The van der Waals surface area contributed by atoms with Crippen molar-refractivity contribution >= 4 is 19.7 Å². The zero-order valence-corrected chi connectivity index (χ0v) is 53.2. The van der Waals surface area contributed by atoms with E-state index in [0.717, 1.165) is 77.0 Å². The minimum atomic E-state index is -4.46. The molecule has 0 heterocycles. The van der Waals surface area contributed by atoms with Crippen LogP contribution in [0.5, 0.6) is 0 Å². The van der Waals surface area contributed by atoms with Gasteiger partial charge in [-0.2, -0.15) is 0 Å². The summed E-state index contributed by atoms with van der Waals surface area (Å²) in [4.78, 5) is 37.7. The maximum Gasteiger partial charge on any atom is 0.472 e. The zero-order valence-electron chi connectivity index (χ0n) is 52.3. The monoisotopic (exact) mass is 1130 g/mol. The van der Waals surface area contributed by atoms with E-state index in [1.165, 1.54) is 173 Å². The predicted octanol–water partition coefficient (Wildman–Crippen LogP) is 20.6. The standard InChI is InChI=1S/C69H125N2O7P/c1-7-10-13-16-19-22-25-28-29-30-31-32-33-34-35-36-37-38-39-40-41-44-46-49-52-55-58-61-68(72)70-66(65-77-79(74,75)76-64-63-71(4,5)6)67(60-57-54-51-48-45-42-26-23-20-17-14-11-8-2)78-69(73)62-59-56-53-50-47-43-27-24-21-18-15-12-9-3/h19,22,28-29,31-32,34-35,43,47,53,56-57,60,66-67H,7-18,20-21,23-27,30,33,36-42,44-46,48-52,54-55,58-59,61-65H2,1-6H3,(H-,70,72,74,75)/p+1/b22-19-,29-28-,32-31-,35-34-,47-43-,56-53+,60-57-. The van der Waals surface area contributed by atoms with Gasteiger partial charge in [0.15, 0.2) is 0 Å². The Morgan fingerprint density at radius 1 is 0.443 bits per heavy atom. The molecule has 0 aromatic heterocycles. The summed E-state index contributed by atoms with van der Waals surface area (Å²) in [6.07, 6.45) is 77.5. The topological polar surface area (TPSA) is 111 Å². The Kier molecular flexibility index (Phi) is 56.3. The lowest BCUT2D eigenvalue weighted by molar-refractivity contribution is -0.870. The number of ether oxygens (including phenoxy) is 1. The normalized spacial score (nSPS) is 14.2. The number of hydrogen-bond acceptors (Lipinski definition) is 6. The van der Waals surface area contributed by atoms with Crippen LogP contribution in [0.15, 0.2) is 85.1 Å². The Hall–Kier alpha value is -2.81. The van der Waals surface area contributed by atoms with Gasteiger partial charge in [0.2, 0.25) is 5.91 Å². The van der Waals surface area contributed by atoms with Crippen LogP contribution in [0, 0.1) is 0 Å². The molecule has 458 valence electrons. The number of carbonyl (C=O) groups excluding carboxylic acids is 2. The average Bonchev–Trinajstić information content (AvgIpc) is 3.41. The van der Waals surface area contributed by atoms with Crippen LogP contribution in [-0.2, 0) is 27.9 Å². The molecule has 0 radical (unpaired) electrons. The van der Waals surface area contributed by atoms with E-state index in [1.54, 1.807) is 0 Å². The van der Waals surface area contributed by atoms with Gasteiger partial charge in [-0.05, 0) is 96.0 Å². The number of nitrogens with one attached hydrogen (secondary N) is 1. The van der Waals surface area contributed by atoms with Crippen LogP contribution in [0.25, 0.3) is 0 Å². The highest BCUT2D eigenvalue weighted by atomic mass is 31.2. The van der Waals surface area contributed by atoms with Crippen LogP contribution >= 0.6 is 7.82 Å². The van der Waals surface area contributed by atoms with E-state index in [9.17, 15) is 19.0 Å². The van der Waals surface area contributed by atoms with Gasteiger partial charge < -0.3 is 19.4 Å². The lowest BCUT2D eigenvalue weighted by atomic mass is 10.0. The summed E-state index contributed by atoms with van der Waals surface area (Å²) >= 11 is 0. The van der Waals surface area contributed by atoms with Crippen LogP contribution in [0.1, 0.15) is 290 Å². The Balaban J connectivity index is 5.13. The molecule has 0 saturated heterocycles. The number of hydrogen-bond donors (Lipinski definition) is 2. The van der Waals surface area contributed by atoms with E-state index in [2.05, 4.69) is 92.9 Å². The van der Waals surface area contributed by atoms with Crippen molar-refractivity contribution in [1.82, 2.24) is 5.32 Å². The number of nitrogens with zero attached hydrogens (tertiary/aromatic N) is 1. The average molecular weight is 1130 g/mol. The van der Waals surface area contributed by atoms with Gasteiger partial charge in [0, 0.05) is 12.8 Å². The van der Waals surface area contributed by atoms with Crippen molar-refractivity contribution in [2.24, 2.45) is 0 Å². The van der Waals surface area contributed by atoms with Gasteiger partial charge in [0.05, 0.1) is 33.8 Å². The summed E-state index contributed by atoms with van der Waals surface area (Å²) in [6.45, 7) is 6.95. The van der Waals surface area contributed by atoms with Crippen molar-refractivity contribution in [2.45, 2.75) is 303 Å². The van der Waals surface area contributed by atoms with E-state index >= 15 is 0 Å². The summed E-state index contributed by atoms with van der Waals surface area (Å²) in [7, 11) is 1.47. The minimum absolute atomic E-state index is 0.0296. The van der Waals surface area contributed by atoms with Crippen LogP contribution in [0.4, 0.5) is 0 Å². The molecule has 0 rings (SSSR count). The SMILES string of the molecule is CCCCC/C=C\C/C=C\C/C=C\C/C=C\CCCCCCCCCCCCCC(=O)NC(COP(=O)(O)OCC[N+](C)(C)C)C(/C=C\CCCCCCCCCCCCC)OC(=O)CC/C=C/C/C=C\CCCCCCCC. The summed E-state index contributed by atoms with van der Waals surface area (Å²) in [5.41, 5.74) is 0. The highest BCUT2D eigenvalue weighted by Crippen LogP contribution is 2.43. The molecule has 0 spiro atoms. The second kappa shape index (κ2) is 58.4. The minimum Gasteiger partial charge on any atom is -0.456 e. The van der Waals surface area contributed by atoms with E-state index < -0.39 is 25.9 Å². The van der Waals surface area contributed by atoms with E-state index in [4.69, 9.17) is 13.8 Å². The first-order chi connectivity index (χ1) is 38.4. The largest absolute Gasteiger partial charge is 0.472 e. The Morgan fingerprint density at radius 3 is 1.20 bits per heavy atom. The number of unbranched alkanes of at least 4 members (excludes halogenated alkanes) is 31. The summed E-state index contributed by atoms with van der Waals surface area (Å²) < 4.78 is 30.7. The van der Waals surface area contributed by atoms with E-state index in [-0.39, 0.29) is 25.5 Å². The van der Waals surface area contributed by atoms with Crippen LogP contribution < -0.4 is 5.32 Å². The first kappa shape index (κ1) is 76.2. The molecule has 10 heteroatoms. The quantitative estimate of drug-likeness (QED) is 0.0205. The molecule has 3 atom stereocenters. The van der Waals surface area contributed by atoms with Crippen molar-refractivity contribution in [3.05, 3.63) is 85.1 Å². The lowest BCUT2D eigenvalue weighted by Gasteiger charge is -2.27. The molecule has 1 amide bonds. The van der Waals surface area contributed by atoms with Gasteiger partial charge in [-0.25, -0.2) is 4.57 Å². The first-order valence-electron chi connectivity index (χ1n) is 32.9. The Labute approximate surface area is 488 Å². The molecular weight excluding hydrogens is 1000 g/mol. The number of esters is 1. The fraction of sp³-hybridized carbons (Fsp3) is 0.768. The van der Waals surface area contributed by atoms with Crippen LogP contribution in [0.3, 0.4) is 0 Å². The molecule has 79 heavy (non-hydrogen) atoms. The predicted molar refractivity (Wildman–Crippen MR) is 341 cm³/mol. The molecule has 0 bridgehead atoms. The second-order valence-electron chi connectivity index (χ2n) is 23.3. The third kappa shape index (κ3) is 59.6. The molecule has 0 fully saturated rings. The number of likely N-dealkylation sites (N-methyl/N-ethyl adjacent to an activating group) is 1. The molecule has 0 saturated carbocycles. The van der Waals surface area contributed by atoms with Gasteiger partial charge in [0.25, 0.3) is 0 Å². The maximum atomic E-state index is 13.6. The van der Waals surface area contributed by atoms with Crippen molar-refractivity contribution in [3.8, 4) is 0 Å². The summed E-state index contributed by atoms with van der Waals surface area (Å²) in [5.74, 6) is -0.584. The molecule has 2 N–H and O–H groups in total. The number of allylic oxidation sites excluding steroid dienone is 13. The first-order valence-corrected chi connectivity index (χ1v) is 34.4. The van der Waals surface area contributed by atoms with Gasteiger partial charge in [-0.15, -0.1) is 0 Å². The number of phosphoric acid groups is 1. The number of quaternary nitrogens is 1. The van der Waals surface area contributed by atoms with Crippen molar-refractivity contribution in [2.75, 3.05) is 40.9 Å². The maximum absolute atomic E-state index is 13.6. The fourth-order valence-electron chi connectivity index (χ4n) is 9.21. The van der Waals surface area contributed by atoms with Crippen LogP contribution in [-0.4, -0.2) is 74.3 Å². The summed E-state index contributed by atoms with van der Waals surface area (Å²) in [6, 6.07) is -0.876. The Morgan fingerprint density at radius 2 is 0.785 bits per heavy atom. The second-order valence-corrected chi connectivity index (χ2v) is 24.7. The number of amides is 1. The smallest absolute Gasteiger partial charge is 0.456 e. The third-order valence-corrected chi connectivity index (χ3v) is 15.3. The van der Waals surface area contributed by atoms with Gasteiger partial charge in [-0.1, -0.05) is 267 Å². The fourth-order valence-corrected chi connectivity index (χ4v) is 9.95. The van der Waals surface area contributed by atoms with Crippen LogP contribution in [0.2, 0.25) is 0 Å². The number of carbonyl (C=O) groups is 2. The number of rotatable bonds is 59. The molecule has 0 aromatic rings. The molecule has 0 aliphatic carbocycles. The molecule has 9 nitrogen and oxygen atoms in total. The highest BCUT2D eigenvalue weighted by molar-refractivity contribution is 7.47.